The lowest BCUT2D eigenvalue weighted by Gasteiger charge is -2.15. The van der Waals surface area contributed by atoms with Crippen molar-refractivity contribution in [1.29, 1.82) is 0 Å². The Labute approximate surface area is 97.2 Å². The number of nitrogens with two attached hydrogens (primary N) is 1. The first-order valence-corrected chi connectivity index (χ1v) is 5.60. The number of benzene rings is 1. The summed E-state index contributed by atoms with van der Waals surface area (Å²) in [6, 6.07) is 9.76. The standard InChI is InChI=1S/C13H20N2O/c1-15(2)10-6-9-12(13(14)16)11-7-4-3-5-8-11/h3-5,7-8,12H,6,9-10H2,1-2H3,(H2,14,16). The Balaban J connectivity index is 2.59. The van der Waals surface area contributed by atoms with Gasteiger partial charge in [-0.1, -0.05) is 30.3 Å². The number of primary amides is 1. The summed E-state index contributed by atoms with van der Waals surface area (Å²) in [6.07, 6.45) is 1.80. The SMILES string of the molecule is CN(C)CCCC(C(N)=O)c1ccccc1. The van der Waals surface area contributed by atoms with Crippen molar-refractivity contribution in [2.45, 2.75) is 18.8 Å². The number of carbonyl (C=O) groups is 1. The van der Waals surface area contributed by atoms with Crippen LogP contribution in [0.5, 0.6) is 0 Å². The van der Waals surface area contributed by atoms with Gasteiger partial charge >= 0.3 is 0 Å². The van der Waals surface area contributed by atoms with Gasteiger partial charge in [-0.3, -0.25) is 4.79 Å². The largest absolute Gasteiger partial charge is 0.369 e. The molecule has 1 aromatic rings. The van der Waals surface area contributed by atoms with E-state index in [1.54, 1.807) is 0 Å². The van der Waals surface area contributed by atoms with Crippen molar-refractivity contribution in [1.82, 2.24) is 4.90 Å². The van der Waals surface area contributed by atoms with Gasteiger partial charge in [-0.2, -0.15) is 0 Å². The predicted molar refractivity (Wildman–Crippen MR) is 66.2 cm³/mol. The van der Waals surface area contributed by atoms with Crippen molar-refractivity contribution in [3.8, 4) is 0 Å². The fraction of sp³-hybridized carbons (Fsp3) is 0.462. The smallest absolute Gasteiger partial charge is 0.224 e. The van der Waals surface area contributed by atoms with Gasteiger partial charge in [0.25, 0.3) is 0 Å². The lowest BCUT2D eigenvalue weighted by atomic mass is 9.93. The van der Waals surface area contributed by atoms with Gasteiger partial charge in [0.2, 0.25) is 5.91 Å². The van der Waals surface area contributed by atoms with E-state index in [9.17, 15) is 4.79 Å². The molecule has 0 saturated carbocycles. The summed E-state index contributed by atoms with van der Waals surface area (Å²) >= 11 is 0. The molecule has 3 heteroatoms. The minimum Gasteiger partial charge on any atom is -0.369 e. The monoisotopic (exact) mass is 220 g/mol. The quantitative estimate of drug-likeness (QED) is 0.791. The van der Waals surface area contributed by atoms with Crippen LogP contribution in [0.25, 0.3) is 0 Å². The molecule has 0 aliphatic rings. The Morgan fingerprint density at radius 2 is 1.94 bits per heavy atom. The van der Waals surface area contributed by atoms with Gasteiger partial charge in [0.15, 0.2) is 0 Å². The third-order valence-electron chi connectivity index (χ3n) is 2.64. The highest BCUT2D eigenvalue weighted by atomic mass is 16.1. The molecule has 0 aliphatic carbocycles. The zero-order valence-electron chi connectivity index (χ0n) is 10.0. The second kappa shape index (κ2) is 6.28. The molecule has 1 atom stereocenters. The van der Waals surface area contributed by atoms with Crippen LogP contribution in [0, 0.1) is 0 Å². The minimum atomic E-state index is -0.232. The maximum atomic E-state index is 11.4. The van der Waals surface area contributed by atoms with Crippen LogP contribution >= 0.6 is 0 Å². The Kier molecular flexibility index (Phi) is 4.99. The van der Waals surface area contributed by atoms with Gasteiger partial charge in [0.05, 0.1) is 5.92 Å². The molecule has 0 saturated heterocycles. The molecular formula is C13H20N2O. The first-order chi connectivity index (χ1) is 7.61. The Bertz CT molecular complexity index is 322. The molecule has 0 heterocycles. The van der Waals surface area contributed by atoms with Crippen LogP contribution in [0.1, 0.15) is 24.3 Å². The molecule has 1 rings (SSSR count). The predicted octanol–water partition coefficient (Wildman–Crippen LogP) is 1.60. The van der Waals surface area contributed by atoms with Crippen molar-refractivity contribution in [3.05, 3.63) is 35.9 Å². The van der Waals surface area contributed by atoms with Gasteiger partial charge in [0, 0.05) is 0 Å². The van der Waals surface area contributed by atoms with Crippen molar-refractivity contribution in [2.75, 3.05) is 20.6 Å². The van der Waals surface area contributed by atoms with E-state index in [4.69, 9.17) is 5.73 Å². The first kappa shape index (κ1) is 12.7. The maximum Gasteiger partial charge on any atom is 0.224 e. The van der Waals surface area contributed by atoms with E-state index in [1.807, 2.05) is 44.4 Å². The van der Waals surface area contributed by atoms with E-state index in [0.717, 1.165) is 24.9 Å². The molecule has 0 fully saturated rings. The highest BCUT2D eigenvalue weighted by molar-refractivity contribution is 5.81. The normalized spacial score (nSPS) is 12.7. The lowest BCUT2D eigenvalue weighted by Crippen LogP contribution is -2.23. The molecule has 1 amide bonds. The van der Waals surface area contributed by atoms with Gasteiger partial charge in [0.1, 0.15) is 0 Å². The molecule has 0 aromatic heterocycles. The van der Waals surface area contributed by atoms with E-state index >= 15 is 0 Å². The zero-order chi connectivity index (χ0) is 12.0. The van der Waals surface area contributed by atoms with Gasteiger partial charge in [-0.15, -0.1) is 0 Å². The number of hydrogen-bond acceptors (Lipinski definition) is 2. The number of nitrogens with zero attached hydrogens (tertiary/aromatic N) is 1. The van der Waals surface area contributed by atoms with Crippen molar-refractivity contribution >= 4 is 5.91 Å². The van der Waals surface area contributed by atoms with E-state index in [-0.39, 0.29) is 11.8 Å². The molecule has 2 N–H and O–H groups in total. The highest BCUT2D eigenvalue weighted by Gasteiger charge is 2.16. The van der Waals surface area contributed by atoms with Crippen LogP contribution in [0.3, 0.4) is 0 Å². The first-order valence-electron chi connectivity index (χ1n) is 5.60. The topological polar surface area (TPSA) is 46.3 Å². The highest BCUT2D eigenvalue weighted by Crippen LogP contribution is 2.20. The third-order valence-corrected chi connectivity index (χ3v) is 2.64. The van der Waals surface area contributed by atoms with Crippen LogP contribution in [-0.4, -0.2) is 31.4 Å². The molecule has 1 aromatic carbocycles. The summed E-state index contributed by atoms with van der Waals surface area (Å²) in [5, 5.41) is 0. The minimum absolute atomic E-state index is 0.152. The maximum absolute atomic E-state index is 11.4. The molecule has 0 aliphatic heterocycles. The number of hydrogen-bond donors (Lipinski definition) is 1. The van der Waals surface area contributed by atoms with E-state index < -0.39 is 0 Å². The molecule has 3 nitrogen and oxygen atoms in total. The Morgan fingerprint density at radius 1 is 1.31 bits per heavy atom. The number of carbonyl (C=O) groups excluding carboxylic acids is 1. The van der Waals surface area contributed by atoms with Gasteiger partial charge in [-0.25, -0.2) is 0 Å². The Morgan fingerprint density at radius 3 is 2.44 bits per heavy atom. The summed E-state index contributed by atoms with van der Waals surface area (Å²) < 4.78 is 0. The summed E-state index contributed by atoms with van der Waals surface area (Å²) in [4.78, 5) is 13.5. The average molecular weight is 220 g/mol. The molecule has 88 valence electrons. The number of amides is 1. The lowest BCUT2D eigenvalue weighted by molar-refractivity contribution is -0.119. The van der Waals surface area contributed by atoms with E-state index in [2.05, 4.69) is 4.90 Å². The van der Waals surface area contributed by atoms with E-state index in [0.29, 0.717) is 0 Å². The van der Waals surface area contributed by atoms with Crippen LogP contribution in [0.15, 0.2) is 30.3 Å². The fourth-order valence-electron chi connectivity index (χ4n) is 1.77. The molecule has 0 bridgehead atoms. The number of rotatable bonds is 6. The van der Waals surface area contributed by atoms with Crippen molar-refractivity contribution < 1.29 is 4.79 Å². The van der Waals surface area contributed by atoms with Crippen LogP contribution in [-0.2, 0) is 4.79 Å². The molecule has 1 unspecified atom stereocenters. The molecule has 16 heavy (non-hydrogen) atoms. The zero-order valence-corrected chi connectivity index (χ0v) is 10.0. The molecule has 0 spiro atoms. The van der Waals surface area contributed by atoms with Crippen LogP contribution in [0.4, 0.5) is 0 Å². The van der Waals surface area contributed by atoms with Gasteiger partial charge in [-0.05, 0) is 39.0 Å². The van der Waals surface area contributed by atoms with E-state index in [1.165, 1.54) is 0 Å². The summed E-state index contributed by atoms with van der Waals surface area (Å²) in [5.41, 5.74) is 6.46. The summed E-state index contributed by atoms with van der Waals surface area (Å²) in [7, 11) is 4.06. The van der Waals surface area contributed by atoms with Gasteiger partial charge < -0.3 is 10.6 Å². The summed E-state index contributed by atoms with van der Waals surface area (Å²) in [5.74, 6) is -0.383. The summed E-state index contributed by atoms with van der Waals surface area (Å²) in [6.45, 7) is 0.983. The molecule has 0 radical (unpaired) electrons. The molecular weight excluding hydrogens is 200 g/mol. The third kappa shape index (κ3) is 4.03. The van der Waals surface area contributed by atoms with Crippen molar-refractivity contribution in [2.24, 2.45) is 5.73 Å². The average Bonchev–Trinajstić information content (AvgIpc) is 2.25. The van der Waals surface area contributed by atoms with Crippen molar-refractivity contribution in [3.63, 3.8) is 0 Å². The Hall–Kier alpha value is -1.35. The van der Waals surface area contributed by atoms with Crippen LogP contribution in [0.2, 0.25) is 0 Å². The second-order valence-corrected chi connectivity index (χ2v) is 4.31. The second-order valence-electron chi connectivity index (χ2n) is 4.31. The van der Waals surface area contributed by atoms with Crippen LogP contribution < -0.4 is 5.73 Å². The fourth-order valence-corrected chi connectivity index (χ4v) is 1.77.